The largest absolute Gasteiger partial charge is 0.476 e. The van der Waals surface area contributed by atoms with Gasteiger partial charge in [0.25, 0.3) is 0 Å². The number of nitrogen functional groups attached to an aromatic ring is 1. The number of aromatic carboxylic acids is 1. The van der Waals surface area contributed by atoms with Gasteiger partial charge in [-0.25, -0.2) is 9.78 Å². The Morgan fingerprint density at radius 2 is 1.90 bits per heavy atom. The van der Waals surface area contributed by atoms with Crippen molar-refractivity contribution in [2.24, 2.45) is 0 Å². The number of imidazole rings is 1. The summed E-state index contributed by atoms with van der Waals surface area (Å²) in [6.07, 6.45) is 1.54. The number of anilines is 1. The van der Waals surface area contributed by atoms with E-state index in [2.05, 4.69) is 4.98 Å². The standard InChI is InChI=1S/C14H10ClN3O2/c15-9-3-6-11-17-12(8-1-4-10(16)5-2-8)13(14(19)20)18(11)7-9/h1-7H,16H2,(H,19,20). The summed E-state index contributed by atoms with van der Waals surface area (Å²) in [5.41, 5.74) is 7.93. The van der Waals surface area contributed by atoms with Crippen molar-refractivity contribution in [3.8, 4) is 11.3 Å². The van der Waals surface area contributed by atoms with Crippen LogP contribution < -0.4 is 5.73 Å². The van der Waals surface area contributed by atoms with E-state index in [1.54, 1.807) is 36.4 Å². The number of nitrogens with two attached hydrogens (primary N) is 1. The van der Waals surface area contributed by atoms with Crippen LogP contribution in [0.4, 0.5) is 5.69 Å². The fraction of sp³-hybridized carbons (Fsp3) is 0. The molecule has 0 aliphatic carbocycles. The fourth-order valence-electron chi connectivity index (χ4n) is 2.07. The quantitative estimate of drug-likeness (QED) is 0.710. The summed E-state index contributed by atoms with van der Waals surface area (Å²) in [7, 11) is 0. The number of aromatic nitrogens is 2. The van der Waals surface area contributed by atoms with Crippen molar-refractivity contribution >= 4 is 28.9 Å². The summed E-state index contributed by atoms with van der Waals surface area (Å²) in [4.78, 5) is 15.9. The second-order valence-electron chi connectivity index (χ2n) is 4.31. The summed E-state index contributed by atoms with van der Waals surface area (Å²) in [5.74, 6) is -1.06. The van der Waals surface area contributed by atoms with Crippen LogP contribution in [0, 0.1) is 0 Å². The van der Waals surface area contributed by atoms with Crippen LogP contribution in [0.2, 0.25) is 5.02 Å². The van der Waals surface area contributed by atoms with Crippen molar-refractivity contribution in [1.29, 1.82) is 0 Å². The van der Waals surface area contributed by atoms with E-state index in [9.17, 15) is 9.90 Å². The lowest BCUT2D eigenvalue weighted by Gasteiger charge is -2.01. The number of nitrogens with zero attached hydrogens (tertiary/aromatic N) is 2. The number of halogens is 1. The Balaban J connectivity index is 2.32. The molecule has 0 saturated heterocycles. The number of hydrogen-bond donors (Lipinski definition) is 2. The third-order valence-electron chi connectivity index (χ3n) is 2.97. The lowest BCUT2D eigenvalue weighted by molar-refractivity contribution is 0.0690. The van der Waals surface area contributed by atoms with E-state index in [0.29, 0.717) is 27.6 Å². The van der Waals surface area contributed by atoms with Gasteiger partial charge in [-0.05, 0) is 24.3 Å². The van der Waals surface area contributed by atoms with Crippen LogP contribution in [-0.4, -0.2) is 20.5 Å². The molecule has 1 aromatic carbocycles. The van der Waals surface area contributed by atoms with E-state index in [1.165, 1.54) is 10.6 Å². The minimum atomic E-state index is -1.06. The SMILES string of the molecule is Nc1ccc(-c2nc3ccc(Cl)cn3c2C(=O)O)cc1. The normalized spacial score (nSPS) is 10.8. The Labute approximate surface area is 119 Å². The molecule has 6 heteroatoms. The molecule has 0 aliphatic heterocycles. The highest BCUT2D eigenvalue weighted by atomic mass is 35.5. The van der Waals surface area contributed by atoms with Crippen molar-refractivity contribution in [1.82, 2.24) is 9.38 Å². The number of hydrogen-bond acceptors (Lipinski definition) is 3. The zero-order valence-corrected chi connectivity index (χ0v) is 11.0. The predicted octanol–water partition coefficient (Wildman–Crippen LogP) is 2.94. The molecule has 0 unspecified atom stereocenters. The monoisotopic (exact) mass is 287 g/mol. The molecule has 3 N–H and O–H groups in total. The van der Waals surface area contributed by atoms with Crippen molar-refractivity contribution in [3.05, 3.63) is 53.3 Å². The summed E-state index contributed by atoms with van der Waals surface area (Å²) in [5, 5.41) is 9.88. The number of pyridine rings is 1. The van der Waals surface area contributed by atoms with Gasteiger partial charge in [0.15, 0.2) is 5.69 Å². The summed E-state index contributed by atoms with van der Waals surface area (Å²) in [6, 6.07) is 10.2. The number of carbonyl (C=O) groups is 1. The molecule has 2 heterocycles. The van der Waals surface area contributed by atoms with Gasteiger partial charge in [-0.15, -0.1) is 0 Å². The first-order chi connectivity index (χ1) is 9.56. The maximum atomic E-state index is 11.5. The van der Waals surface area contributed by atoms with Gasteiger partial charge < -0.3 is 10.8 Å². The number of fused-ring (bicyclic) bond motifs is 1. The molecule has 100 valence electrons. The first-order valence-corrected chi connectivity index (χ1v) is 6.21. The molecule has 0 atom stereocenters. The Bertz CT molecular complexity index is 809. The van der Waals surface area contributed by atoms with Gasteiger partial charge in [0.2, 0.25) is 0 Å². The highest BCUT2D eigenvalue weighted by molar-refractivity contribution is 6.30. The van der Waals surface area contributed by atoms with Gasteiger partial charge in [0.05, 0.1) is 5.02 Å². The number of carboxylic acids is 1. The summed E-state index contributed by atoms with van der Waals surface area (Å²) >= 11 is 5.91. The Morgan fingerprint density at radius 3 is 2.55 bits per heavy atom. The predicted molar refractivity (Wildman–Crippen MR) is 77.0 cm³/mol. The van der Waals surface area contributed by atoms with Crippen LogP contribution in [0.3, 0.4) is 0 Å². The third-order valence-corrected chi connectivity index (χ3v) is 3.19. The van der Waals surface area contributed by atoms with E-state index in [1.807, 2.05) is 0 Å². The Hall–Kier alpha value is -2.53. The van der Waals surface area contributed by atoms with E-state index in [0.717, 1.165) is 0 Å². The summed E-state index contributed by atoms with van der Waals surface area (Å²) < 4.78 is 1.47. The second-order valence-corrected chi connectivity index (χ2v) is 4.75. The molecule has 0 spiro atoms. The van der Waals surface area contributed by atoms with Crippen molar-refractivity contribution in [2.75, 3.05) is 5.73 Å². The molecular formula is C14H10ClN3O2. The highest BCUT2D eigenvalue weighted by Gasteiger charge is 2.19. The first kappa shape index (κ1) is 12.5. The highest BCUT2D eigenvalue weighted by Crippen LogP contribution is 2.26. The molecule has 3 aromatic rings. The van der Waals surface area contributed by atoms with Gasteiger partial charge in [0, 0.05) is 17.4 Å². The molecule has 20 heavy (non-hydrogen) atoms. The molecule has 5 nitrogen and oxygen atoms in total. The fourth-order valence-corrected chi connectivity index (χ4v) is 2.23. The topological polar surface area (TPSA) is 80.6 Å². The molecule has 0 radical (unpaired) electrons. The van der Waals surface area contributed by atoms with Crippen LogP contribution in [-0.2, 0) is 0 Å². The van der Waals surface area contributed by atoms with Gasteiger partial charge in [-0.2, -0.15) is 0 Å². The van der Waals surface area contributed by atoms with Crippen molar-refractivity contribution in [3.63, 3.8) is 0 Å². The maximum Gasteiger partial charge on any atom is 0.355 e. The smallest absolute Gasteiger partial charge is 0.355 e. The number of carboxylic acid groups (broad SMARTS) is 1. The van der Waals surface area contributed by atoms with Crippen LogP contribution >= 0.6 is 11.6 Å². The van der Waals surface area contributed by atoms with Crippen molar-refractivity contribution in [2.45, 2.75) is 0 Å². The van der Waals surface area contributed by atoms with E-state index in [4.69, 9.17) is 17.3 Å². The summed E-state index contributed by atoms with van der Waals surface area (Å²) in [6.45, 7) is 0. The van der Waals surface area contributed by atoms with Crippen molar-refractivity contribution < 1.29 is 9.90 Å². The molecule has 0 fully saturated rings. The molecular weight excluding hydrogens is 278 g/mol. The average Bonchev–Trinajstić information content (AvgIpc) is 2.78. The average molecular weight is 288 g/mol. The minimum absolute atomic E-state index is 0.0762. The van der Waals surface area contributed by atoms with Crippen LogP contribution in [0.5, 0.6) is 0 Å². The molecule has 0 amide bonds. The van der Waals surface area contributed by atoms with Gasteiger partial charge in [0.1, 0.15) is 11.3 Å². The molecule has 0 bridgehead atoms. The van der Waals surface area contributed by atoms with E-state index < -0.39 is 5.97 Å². The van der Waals surface area contributed by atoms with Gasteiger partial charge in [-0.3, -0.25) is 4.40 Å². The lowest BCUT2D eigenvalue weighted by atomic mass is 10.1. The zero-order chi connectivity index (χ0) is 14.3. The van der Waals surface area contributed by atoms with E-state index >= 15 is 0 Å². The molecule has 0 saturated carbocycles. The van der Waals surface area contributed by atoms with Crippen LogP contribution in [0.15, 0.2) is 42.6 Å². The molecule has 2 aromatic heterocycles. The van der Waals surface area contributed by atoms with Gasteiger partial charge >= 0.3 is 5.97 Å². The minimum Gasteiger partial charge on any atom is -0.476 e. The molecule has 3 rings (SSSR count). The zero-order valence-electron chi connectivity index (χ0n) is 10.2. The first-order valence-electron chi connectivity index (χ1n) is 5.83. The Morgan fingerprint density at radius 1 is 1.20 bits per heavy atom. The Kier molecular flexibility index (Phi) is 2.84. The third kappa shape index (κ3) is 1.98. The van der Waals surface area contributed by atoms with Crippen LogP contribution in [0.1, 0.15) is 10.5 Å². The number of benzene rings is 1. The second kappa shape index (κ2) is 4.54. The number of rotatable bonds is 2. The van der Waals surface area contributed by atoms with Crippen LogP contribution in [0.25, 0.3) is 16.9 Å². The van der Waals surface area contributed by atoms with E-state index in [-0.39, 0.29) is 5.69 Å². The lowest BCUT2D eigenvalue weighted by Crippen LogP contribution is -2.03. The van der Waals surface area contributed by atoms with Gasteiger partial charge in [-0.1, -0.05) is 23.7 Å². The maximum absolute atomic E-state index is 11.5. The molecule has 0 aliphatic rings.